The van der Waals surface area contributed by atoms with Crippen molar-refractivity contribution in [1.82, 2.24) is 9.99 Å². The van der Waals surface area contributed by atoms with E-state index in [1.165, 1.54) is 0 Å². The molecule has 2 aromatic carbocycles. The molecule has 0 fully saturated rings. The minimum Gasteiger partial charge on any atom is -0.494 e. The Hall–Kier alpha value is -3.34. The molecule has 3 aromatic rings. The van der Waals surface area contributed by atoms with Crippen LogP contribution in [0.5, 0.6) is 5.75 Å². The van der Waals surface area contributed by atoms with E-state index in [1.54, 1.807) is 30.5 Å². The first-order valence-corrected chi connectivity index (χ1v) is 9.40. The van der Waals surface area contributed by atoms with Gasteiger partial charge in [0.15, 0.2) is 0 Å². The van der Waals surface area contributed by atoms with E-state index in [0.29, 0.717) is 12.2 Å². The average molecular weight is 375 g/mol. The summed E-state index contributed by atoms with van der Waals surface area (Å²) in [4.78, 5) is 12.3. The SMILES string of the molecule is CCCOc1ccc(C(=O)N/N=C/c2cc(C)n(-c3ccccc3)c2C)cc1. The number of hydrazone groups is 1. The quantitative estimate of drug-likeness (QED) is 0.483. The molecule has 0 saturated carbocycles. The van der Waals surface area contributed by atoms with E-state index < -0.39 is 0 Å². The molecule has 1 aromatic heterocycles. The van der Waals surface area contributed by atoms with Crippen LogP contribution in [0.25, 0.3) is 5.69 Å². The highest BCUT2D eigenvalue weighted by atomic mass is 16.5. The van der Waals surface area contributed by atoms with Gasteiger partial charge in [0.05, 0.1) is 12.8 Å². The molecular formula is C23H25N3O2. The molecule has 0 saturated heterocycles. The van der Waals surface area contributed by atoms with Crippen molar-refractivity contribution in [2.24, 2.45) is 5.10 Å². The molecule has 1 N–H and O–H groups in total. The summed E-state index contributed by atoms with van der Waals surface area (Å²) < 4.78 is 7.69. The fourth-order valence-electron chi connectivity index (χ4n) is 3.04. The first-order chi connectivity index (χ1) is 13.6. The standard InChI is InChI=1S/C23H25N3O2/c1-4-14-28-22-12-10-19(11-13-22)23(27)25-24-16-20-15-17(2)26(18(20)3)21-8-6-5-7-9-21/h5-13,15-16H,4,14H2,1-3H3,(H,25,27)/b24-16+. The summed E-state index contributed by atoms with van der Waals surface area (Å²) in [6, 6.07) is 19.3. The zero-order valence-corrected chi connectivity index (χ0v) is 16.5. The van der Waals surface area contributed by atoms with Crippen LogP contribution in [0.15, 0.2) is 65.8 Å². The predicted molar refractivity (Wildman–Crippen MR) is 113 cm³/mol. The topological polar surface area (TPSA) is 55.6 Å². The summed E-state index contributed by atoms with van der Waals surface area (Å²) in [5.41, 5.74) is 7.37. The van der Waals surface area contributed by atoms with Crippen molar-refractivity contribution in [3.05, 3.63) is 83.2 Å². The molecule has 0 aliphatic carbocycles. The van der Waals surface area contributed by atoms with E-state index >= 15 is 0 Å². The third-order valence-corrected chi connectivity index (χ3v) is 4.44. The maximum atomic E-state index is 12.3. The largest absolute Gasteiger partial charge is 0.494 e. The zero-order chi connectivity index (χ0) is 19.9. The van der Waals surface area contributed by atoms with Crippen LogP contribution in [0.1, 0.15) is 40.7 Å². The zero-order valence-electron chi connectivity index (χ0n) is 16.5. The number of benzene rings is 2. The van der Waals surface area contributed by atoms with E-state index in [4.69, 9.17) is 4.74 Å². The lowest BCUT2D eigenvalue weighted by Crippen LogP contribution is -2.17. The molecular weight excluding hydrogens is 350 g/mol. The second-order valence-corrected chi connectivity index (χ2v) is 6.57. The number of carbonyl (C=O) groups excluding carboxylic acids is 1. The number of rotatable bonds is 7. The molecule has 144 valence electrons. The minimum atomic E-state index is -0.254. The summed E-state index contributed by atoms with van der Waals surface area (Å²) in [6.07, 6.45) is 2.63. The third-order valence-electron chi connectivity index (χ3n) is 4.44. The highest BCUT2D eigenvalue weighted by molar-refractivity contribution is 5.95. The molecule has 0 atom stereocenters. The summed E-state index contributed by atoms with van der Waals surface area (Å²) in [5.74, 6) is 0.505. The summed E-state index contributed by atoms with van der Waals surface area (Å²) in [6.45, 7) is 6.81. The van der Waals surface area contributed by atoms with Crippen molar-refractivity contribution >= 4 is 12.1 Å². The summed E-state index contributed by atoms with van der Waals surface area (Å²) in [5, 5.41) is 4.13. The summed E-state index contributed by atoms with van der Waals surface area (Å²) >= 11 is 0. The molecule has 0 radical (unpaired) electrons. The van der Waals surface area contributed by atoms with Gasteiger partial charge in [-0.3, -0.25) is 4.79 Å². The van der Waals surface area contributed by atoms with Gasteiger partial charge in [0.25, 0.3) is 5.91 Å². The van der Waals surface area contributed by atoms with Crippen LogP contribution in [0.3, 0.4) is 0 Å². The van der Waals surface area contributed by atoms with Gasteiger partial charge in [-0.15, -0.1) is 0 Å². The number of ether oxygens (including phenoxy) is 1. The second kappa shape index (κ2) is 9.04. The molecule has 0 aliphatic rings. The third kappa shape index (κ3) is 4.49. The first kappa shape index (κ1) is 19.4. The predicted octanol–water partition coefficient (Wildman–Crippen LogP) is 4.65. The highest BCUT2D eigenvalue weighted by Crippen LogP contribution is 2.19. The molecule has 0 spiro atoms. The van der Waals surface area contributed by atoms with Gasteiger partial charge in [0.1, 0.15) is 5.75 Å². The van der Waals surface area contributed by atoms with Crippen molar-refractivity contribution in [3.8, 4) is 11.4 Å². The van der Waals surface area contributed by atoms with Crippen LogP contribution >= 0.6 is 0 Å². The van der Waals surface area contributed by atoms with Gasteiger partial charge in [0, 0.05) is 28.2 Å². The molecule has 5 nitrogen and oxygen atoms in total. The van der Waals surface area contributed by atoms with Crippen molar-refractivity contribution in [2.45, 2.75) is 27.2 Å². The molecule has 1 heterocycles. The van der Waals surface area contributed by atoms with E-state index in [2.05, 4.69) is 47.1 Å². The van der Waals surface area contributed by atoms with Crippen molar-refractivity contribution in [2.75, 3.05) is 6.61 Å². The Morgan fingerprint density at radius 3 is 2.50 bits per heavy atom. The van der Waals surface area contributed by atoms with Gasteiger partial charge in [-0.2, -0.15) is 5.10 Å². The lowest BCUT2D eigenvalue weighted by Gasteiger charge is -2.09. The van der Waals surface area contributed by atoms with E-state index in [1.807, 2.05) is 25.1 Å². The Labute approximate surface area is 165 Å². The van der Waals surface area contributed by atoms with Gasteiger partial charge < -0.3 is 9.30 Å². The Bertz CT molecular complexity index is 958. The van der Waals surface area contributed by atoms with Crippen molar-refractivity contribution in [3.63, 3.8) is 0 Å². The molecule has 3 rings (SSSR count). The number of nitrogens with zero attached hydrogens (tertiary/aromatic N) is 2. The molecule has 0 aliphatic heterocycles. The Kier molecular flexibility index (Phi) is 6.27. The Morgan fingerprint density at radius 2 is 1.82 bits per heavy atom. The van der Waals surface area contributed by atoms with Crippen LogP contribution in [0, 0.1) is 13.8 Å². The number of carbonyl (C=O) groups is 1. The van der Waals surface area contributed by atoms with Crippen molar-refractivity contribution in [1.29, 1.82) is 0 Å². The van der Waals surface area contributed by atoms with Crippen LogP contribution in [-0.4, -0.2) is 23.3 Å². The highest BCUT2D eigenvalue weighted by Gasteiger charge is 2.09. The van der Waals surface area contributed by atoms with Crippen molar-refractivity contribution < 1.29 is 9.53 Å². The maximum Gasteiger partial charge on any atom is 0.271 e. The van der Waals surface area contributed by atoms with Crippen LogP contribution in [0.2, 0.25) is 0 Å². The summed E-state index contributed by atoms with van der Waals surface area (Å²) in [7, 11) is 0. The average Bonchev–Trinajstić information content (AvgIpc) is 3.00. The monoisotopic (exact) mass is 375 g/mol. The number of hydrogen-bond acceptors (Lipinski definition) is 3. The van der Waals surface area contributed by atoms with E-state index in [-0.39, 0.29) is 5.91 Å². The molecule has 28 heavy (non-hydrogen) atoms. The van der Waals surface area contributed by atoms with Gasteiger partial charge in [-0.25, -0.2) is 5.43 Å². The number of aromatic nitrogens is 1. The minimum absolute atomic E-state index is 0.254. The number of hydrogen-bond donors (Lipinski definition) is 1. The number of nitrogens with one attached hydrogen (secondary N) is 1. The lowest BCUT2D eigenvalue weighted by molar-refractivity contribution is 0.0955. The Morgan fingerprint density at radius 1 is 1.11 bits per heavy atom. The number of para-hydroxylation sites is 1. The number of amides is 1. The van der Waals surface area contributed by atoms with Gasteiger partial charge >= 0.3 is 0 Å². The smallest absolute Gasteiger partial charge is 0.271 e. The van der Waals surface area contributed by atoms with E-state index in [0.717, 1.165) is 34.8 Å². The van der Waals surface area contributed by atoms with Gasteiger partial charge in [-0.1, -0.05) is 25.1 Å². The molecule has 0 unspecified atom stereocenters. The number of aryl methyl sites for hydroxylation is 1. The first-order valence-electron chi connectivity index (χ1n) is 9.40. The molecule has 5 heteroatoms. The fourth-order valence-corrected chi connectivity index (χ4v) is 3.04. The lowest BCUT2D eigenvalue weighted by atomic mass is 10.2. The van der Waals surface area contributed by atoms with Crippen LogP contribution in [0.4, 0.5) is 0 Å². The molecule has 0 bridgehead atoms. The Balaban J connectivity index is 1.67. The van der Waals surface area contributed by atoms with E-state index in [9.17, 15) is 4.79 Å². The normalized spacial score (nSPS) is 11.0. The van der Waals surface area contributed by atoms with Gasteiger partial charge in [0.2, 0.25) is 0 Å². The maximum absolute atomic E-state index is 12.3. The fraction of sp³-hybridized carbons (Fsp3) is 0.217. The van der Waals surface area contributed by atoms with Crippen LogP contribution in [-0.2, 0) is 0 Å². The van der Waals surface area contributed by atoms with Gasteiger partial charge in [-0.05, 0) is 62.7 Å². The second-order valence-electron chi connectivity index (χ2n) is 6.57. The molecule has 1 amide bonds. The van der Waals surface area contributed by atoms with Crippen LogP contribution < -0.4 is 10.2 Å².